The van der Waals surface area contributed by atoms with Crippen LogP contribution >= 0.6 is 0 Å². The van der Waals surface area contributed by atoms with Crippen LogP contribution in [-0.2, 0) is 6.54 Å². The van der Waals surface area contributed by atoms with Gasteiger partial charge in [0.15, 0.2) is 0 Å². The average molecular weight is 410 g/mol. The molecule has 5 rings (SSSR count). The third-order valence-electron chi connectivity index (χ3n) is 6.07. The molecule has 4 aromatic rings. The summed E-state index contributed by atoms with van der Waals surface area (Å²) in [5.41, 5.74) is 4.80. The lowest BCUT2D eigenvalue weighted by molar-refractivity contribution is 0.0742. The minimum absolute atomic E-state index is 0.0593. The molecule has 0 saturated carbocycles. The Labute approximate surface area is 179 Å². The van der Waals surface area contributed by atoms with E-state index in [0.717, 1.165) is 35.3 Å². The van der Waals surface area contributed by atoms with Crippen LogP contribution in [0, 0.1) is 17.2 Å². The Kier molecular flexibility index (Phi) is 4.75. The first-order valence-corrected chi connectivity index (χ1v) is 10.4. The van der Waals surface area contributed by atoms with E-state index in [9.17, 15) is 10.1 Å². The number of carbonyl (C=O) groups excluding carboxylic acids is 1. The van der Waals surface area contributed by atoms with E-state index >= 15 is 0 Å². The Hall–Kier alpha value is -3.92. The molecule has 31 heavy (non-hydrogen) atoms. The number of pyridine rings is 1. The maximum absolute atomic E-state index is 13.1. The number of fused-ring (bicyclic) bond motifs is 1. The van der Waals surface area contributed by atoms with Gasteiger partial charge in [-0.05, 0) is 49.6 Å². The van der Waals surface area contributed by atoms with E-state index in [1.54, 1.807) is 24.4 Å². The van der Waals surface area contributed by atoms with Crippen LogP contribution in [0.4, 0.5) is 0 Å². The van der Waals surface area contributed by atoms with Gasteiger partial charge in [0.2, 0.25) is 0 Å². The van der Waals surface area contributed by atoms with Crippen molar-refractivity contribution in [3.8, 4) is 17.3 Å². The largest absolute Gasteiger partial charge is 0.346 e. The molecule has 4 heterocycles. The van der Waals surface area contributed by atoms with Gasteiger partial charge >= 0.3 is 0 Å². The van der Waals surface area contributed by atoms with Crippen molar-refractivity contribution in [1.29, 1.82) is 5.26 Å². The number of nitrogens with one attached hydrogen (secondary N) is 1. The Morgan fingerprint density at radius 3 is 2.94 bits per heavy atom. The molecule has 0 bridgehead atoms. The van der Waals surface area contributed by atoms with Crippen LogP contribution in [0.1, 0.15) is 29.3 Å². The zero-order valence-electron chi connectivity index (χ0n) is 17.2. The Morgan fingerprint density at radius 2 is 2.13 bits per heavy atom. The summed E-state index contributed by atoms with van der Waals surface area (Å²) in [6.07, 6.45) is 6.60. The molecular weight excluding hydrogens is 388 g/mol. The molecule has 0 radical (unpaired) electrons. The Bertz CT molecular complexity index is 1280. The fourth-order valence-electron chi connectivity index (χ4n) is 4.54. The Morgan fingerprint density at radius 1 is 1.26 bits per heavy atom. The first kappa shape index (κ1) is 19.1. The van der Waals surface area contributed by atoms with Gasteiger partial charge in [0, 0.05) is 37.1 Å². The van der Waals surface area contributed by atoms with Crippen molar-refractivity contribution in [2.45, 2.75) is 25.9 Å². The first-order valence-electron chi connectivity index (χ1n) is 10.4. The van der Waals surface area contributed by atoms with Crippen molar-refractivity contribution < 1.29 is 4.79 Å². The molecule has 0 aliphatic carbocycles. The predicted molar refractivity (Wildman–Crippen MR) is 117 cm³/mol. The summed E-state index contributed by atoms with van der Waals surface area (Å²) in [4.78, 5) is 19.8. The second-order valence-electron chi connectivity index (χ2n) is 8.12. The molecule has 1 saturated heterocycles. The minimum atomic E-state index is -0.0593. The SMILES string of the molecule is C[C@@H]1CC(Cn2ccc3nc(-c4cn[nH]c4)ccc32)CN1C(=O)c1ccccc1C#N. The molecule has 7 heteroatoms. The molecular formula is C24H22N6O. The van der Waals surface area contributed by atoms with Crippen LogP contribution in [0.5, 0.6) is 0 Å². The van der Waals surface area contributed by atoms with Crippen molar-refractivity contribution in [3.63, 3.8) is 0 Å². The molecule has 1 aliphatic heterocycles. The molecule has 1 aromatic carbocycles. The number of rotatable bonds is 4. The molecule has 1 unspecified atom stereocenters. The average Bonchev–Trinajstić information content (AvgIpc) is 3.54. The van der Waals surface area contributed by atoms with Crippen molar-refractivity contribution >= 4 is 16.9 Å². The molecule has 1 amide bonds. The highest BCUT2D eigenvalue weighted by atomic mass is 16.2. The highest BCUT2D eigenvalue weighted by Gasteiger charge is 2.33. The van der Waals surface area contributed by atoms with Gasteiger partial charge in [-0.1, -0.05) is 12.1 Å². The van der Waals surface area contributed by atoms with Gasteiger partial charge in [-0.15, -0.1) is 0 Å². The van der Waals surface area contributed by atoms with E-state index < -0.39 is 0 Å². The number of benzene rings is 1. The quantitative estimate of drug-likeness (QED) is 0.553. The number of hydrogen-bond acceptors (Lipinski definition) is 4. The van der Waals surface area contributed by atoms with Crippen LogP contribution in [0.3, 0.4) is 0 Å². The van der Waals surface area contributed by atoms with E-state index in [-0.39, 0.29) is 11.9 Å². The van der Waals surface area contributed by atoms with Crippen molar-refractivity contribution in [2.75, 3.05) is 6.54 Å². The summed E-state index contributed by atoms with van der Waals surface area (Å²) in [7, 11) is 0. The van der Waals surface area contributed by atoms with Crippen LogP contribution in [0.25, 0.3) is 22.3 Å². The lowest BCUT2D eigenvalue weighted by Crippen LogP contribution is -2.34. The van der Waals surface area contributed by atoms with Crippen LogP contribution in [0.2, 0.25) is 0 Å². The van der Waals surface area contributed by atoms with Gasteiger partial charge in [-0.25, -0.2) is 4.98 Å². The van der Waals surface area contributed by atoms with Gasteiger partial charge < -0.3 is 9.47 Å². The maximum atomic E-state index is 13.1. The van der Waals surface area contributed by atoms with Crippen LogP contribution in [-0.4, -0.2) is 43.1 Å². The number of nitrogens with zero attached hydrogens (tertiary/aromatic N) is 5. The third kappa shape index (κ3) is 3.46. The summed E-state index contributed by atoms with van der Waals surface area (Å²) in [6.45, 7) is 3.59. The zero-order valence-corrected chi connectivity index (χ0v) is 17.2. The highest BCUT2D eigenvalue weighted by Crippen LogP contribution is 2.29. The molecule has 2 atom stereocenters. The standard InChI is InChI=1S/C24H22N6O/c1-16-10-17(15-30(16)24(31)20-5-3-2-4-18(20)11-25)14-29-9-8-22-23(29)7-6-21(28-22)19-12-26-27-13-19/h2-9,12-13,16-17H,10,14-15H2,1H3,(H,26,27)/t16-,17?/m1/s1. The van der Waals surface area contributed by atoms with Gasteiger partial charge in [0.05, 0.1) is 40.1 Å². The summed E-state index contributed by atoms with van der Waals surface area (Å²) in [5.74, 6) is 0.285. The van der Waals surface area contributed by atoms with E-state index in [4.69, 9.17) is 4.98 Å². The predicted octanol–water partition coefficient (Wildman–Crippen LogP) is 3.85. The van der Waals surface area contributed by atoms with E-state index in [2.05, 4.69) is 40.0 Å². The molecule has 1 N–H and O–H groups in total. The highest BCUT2D eigenvalue weighted by molar-refractivity contribution is 5.97. The number of hydrogen-bond donors (Lipinski definition) is 1. The van der Waals surface area contributed by atoms with Gasteiger partial charge in [0.1, 0.15) is 0 Å². The monoisotopic (exact) mass is 410 g/mol. The molecule has 3 aromatic heterocycles. The number of carbonyl (C=O) groups is 1. The first-order chi connectivity index (χ1) is 15.1. The lowest BCUT2D eigenvalue weighted by Gasteiger charge is -2.22. The van der Waals surface area contributed by atoms with Gasteiger partial charge in [-0.2, -0.15) is 10.4 Å². The lowest BCUT2D eigenvalue weighted by atomic mass is 10.1. The number of likely N-dealkylation sites (tertiary alicyclic amines) is 1. The molecule has 1 aliphatic rings. The summed E-state index contributed by atoms with van der Waals surface area (Å²) in [6, 6.07) is 15.4. The maximum Gasteiger partial charge on any atom is 0.255 e. The number of H-pyrrole nitrogens is 1. The zero-order chi connectivity index (χ0) is 21.4. The summed E-state index contributed by atoms with van der Waals surface area (Å²) < 4.78 is 2.22. The van der Waals surface area contributed by atoms with E-state index in [0.29, 0.717) is 23.6 Å². The minimum Gasteiger partial charge on any atom is -0.346 e. The molecule has 7 nitrogen and oxygen atoms in total. The number of amides is 1. The smallest absolute Gasteiger partial charge is 0.255 e. The number of aromatic nitrogens is 4. The van der Waals surface area contributed by atoms with E-state index in [1.165, 1.54) is 0 Å². The number of nitriles is 1. The molecule has 154 valence electrons. The van der Waals surface area contributed by atoms with Crippen molar-refractivity contribution in [3.05, 3.63) is 72.2 Å². The van der Waals surface area contributed by atoms with Gasteiger partial charge in [-0.3, -0.25) is 9.89 Å². The summed E-state index contributed by atoms with van der Waals surface area (Å²) >= 11 is 0. The second kappa shape index (κ2) is 7.73. The molecule has 1 fully saturated rings. The van der Waals surface area contributed by atoms with Crippen molar-refractivity contribution in [2.24, 2.45) is 5.92 Å². The van der Waals surface area contributed by atoms with Crippen molar-refractivity contribution in [1.82, 2.24) is 24.6 Å². The molecule has 0 spiro atoms. The number of aromatic amines is 1. The topological polar surface area (TPSA) is 90.6 Å². The van der Waals surface area contributed by atoms with Crippen LogP contribution in [0.15, 0.2) is 61.1 Å². The second-order valence-corrected chi connectivity index (χ2v) is 8.12. The van der Waals surface area contributed by atoms with E-state index in [1.807, 2.05) is 29.3 Å². The fraction of sp³-hybridized carbons (Fsp3) is 0.250. The van der Waals surface area contributed by atoms with Crippen LogP contribution < -0.4 is 0 Å². The summed E-state index contributed by atoms with van der Waals surface area (Å²) in [5, 5.41) is 16.2. The Balaban J connectivity index is 1.34. The fourth-order valence-corrected chi connectivity index (χ4v) is 4.54. The normalized spacial score (nSPS) is 18.4. The third-order valence-corrected chi connectivity index (χ3v) is 6.07. The van der Waals surface area contributed by atoms with Gasteiger partial charge in [0.25, 0.3) is 5.91 Å².